The Bertz CT molecular complexity index is 733. The van der Waals surface area contributed by atoms with Crippen molar-refractivity contribution in [1.29, 1.82) is 0 Å². The lowest BCUT2D eigenvalue weighted by Crippen LogP contribution is -2.04. The minimum absolute atomic E-state index is 0.327. The Labute approximate surface area is 119 Å². The quantitative estimate of drug-likeness (QED) is 0.937. The van der Waals surface area contributed by atoms with E-state index < -0.39 is 9.84 Å². The van der Waals surface area contributed by atoms with E-state index in [2.05, 4.69) is 10.4 Å². The first kappa shape index (κ1) is 14.6. The molecule has 20 heavy (non-hydrogen) atoms. The number of hydrogen-bond acceptors (Lipinski definition) is 4. The number of aryl methyl sites for hydroxylation is 3. The largest absolute Gasteiger partial charge is 0.381 e. The Morgan fingerprint density at radius 1 is 1.30 bits per heavy atom. The van der Waals surface area contributed by atoms with Crippen molar-refractivity contribution in [3.8, 4) is 0 Å². The fourth-order valence-corrected chi connectivity index (χ4v) is 2.68. The molecule has 2 rings (SSSR count). The first-order valence-corrected chi connectivity index (χ1v) is 8.20. The topological polar surface area (TPSA) is 64.0 Å². The maximum atomic E-state index is 11.6. The van der Waals surface area contributed by atoms with E-state index in [4.69, 9.17) is 0 Å². The number of hydrogen-bond donors (Lipinski definition) is 1. The molecule has 0 aliphatic heterocycles. The van der Waals surface area contributed by atoms with Crippen molar-refractivity contribution >= 4 is 15.5 Å². The van der Waals surface area contributed by atoms with Crippen LogP contribution >= 0.6 is 0 Å². The molecule has 0 spiro atoms. The van der Waals surface area contributed by atoms with Crippen molar-refractivity contribution in [2.45, 2.75) is 25.3 Å². The van der Waals surface area contributed by atoms with Crippen LogP contribution in [0.1, 0.15) is 16.8 Å². The summed E-state index contributed by atoms with van der Waals surface area (Å²) in [6.45, 7) is 4.52. The van der Waals surface area contributed by atoms with Gasteiger partial charge in [-0.25, -0.2) is 8.42 Å². The molecule has 108 valence electrons. The lowest BCUT2D eigenvalue weighted by molar-refractivity contribution is 0.602. The Kier molecular flexibility index (Phi) is 3.85. The Morgan fingerprint density at radius 2 is 2.00 bits per heavy atom. The highest BCUT2D eigenvalue weighted by Crippen LogP contribution is 2.21. The number of benzene rings is 1. The summed E-state index contributed by atoms with van der Waals surface area (Å²) in [4.78, 5) is 0.327. The molecule has 1 N–H and O–H groups in total. The van der Waals surface area contributed by atoms with Crippen LogP contribution in [0.5, 0.6) is 0 Å². The summed E-state index contributed by atoms with van der Waals surface area (Å²) in [6.07, 6.45) is 3.17. The van der Waals surface area contributed by atoms with Crippen LogP contribution < -0.4 is 5.32 Å². The van der Waals surface area contributed by atoms with Gasteiger partial charge in [0, 0.05) is 37.3 Å². The summed E-state index contributed by atoms with van der Waals surface area (Å²) in [5.74, 6) is 0. The molecule has 2 aromatic rings. The molecule has 0 saturated carbocycles. The van der Waals surface area contributed by atoms with Gasteiger partial charge in [0.1, 0.15) is 0 Å². The van der Waals surface area contributed by atoms with Crippen molar-refractivity contribution in [2.24, 2.45) is 7.05 Å². The summed E-state index contributed by atoms with van der Waals surface area (Å²) < 4.78 is 24.9. The van der Waals surface area contributed by atoms with E-state index >= 15 is 0 Å². The highest BCUT2D eigenvalue weighted by atomic mass is 32.2. The van der Waals surface area contributed by atoms with Crippen molar-refractivity contribution in [3.63, 3.8) is 0 Å². The van der Waals surface area contributed by atoms with Gasteiger partial charge in [-0.05, 0) is 31.5 Å². The Hall–Kier alpha value is -1.82. The van der Waals surface area contributed by atoms with Gasteiger partial charge in [-0.3, -0.25) is 4.68 Å². The molecule has 0 unspecified atom stereocenters. The number of nitrogens with one attached hydrogen (secondary N) is 1. The third-order valence-corrected chi connectivity index (χ3v) is 4.33. The number of aromatic nitrogens is 2. The second-order valence-electron chi connectivity index (χ2n) is 5.02. The average Bonchev–Trinajstić information content (AvgIpc) is 2.65. The maximum Gasteiger partial charge on any atom is 0.175 e. The number of rotatable bonds is 4. The number of anilines is 1. The van der Waals surface area contributed by atoms with Crippen LogP contribution in [0.15, 0.2) is 29.3 Å². The zero-order valence-electron chi connectivity index (χ0n) is 12.1. The molecule has 5 nitrogen and oxygen atoms in total. The van der Waals surface area contributed by atoms with E-state index in [-0.39, 0.29) is 0 Å². The van der Waals surface area contributed by atoms with E-state index in [0.29, 0.717) is 11.4 Å². The zero-order valence-corrected chi connectivity index (χ0v) is 13.0. The fraction of sp³-hybridized carbons (Fsp3) is 0.357. The van der Waals surface area contributed by atoms with Gasteiger partial charge < -0.3 is 5.32 Å². The van der Waals surface area contributed by atoms with Gasteiger partial charge in [-0.1, -0.05) is 6.07 Å². The molecule has 6 heteroatoms. The minimum Gasteiger partial charge on any atom is -0.381 e. The Balaban J connectivity index is 2.23. The van der Waals surface area contributed by atoms with E-state index in [9.17, 15) is 8.42 Å². The van der Waals surface area contributed by atoms with Gasteiger partial charge in [0.2, 0.25) is 0 Å². The Morgan fingerprint density at radius 3 is 2.55 bits per heavy atom. The fourth-order valence-electron chi connectivity index (χ4n) is 2.03. The summed E-state index contributed by atoms with van der Waals surface area (Å²) in [5.41, 5.74) is 3.91. The molecule has 1 heterocycles. The zero-order chi connectivity index (χ0) is 14.9. The standard InChI is InChI=1S/C14H19N3O2S/c1-10-5-6-13(20(4,18)19)7-14(10)15-8-12-9-17(3)16-11(12)2/h5-7,9,15H,8H2,1-4H3. The van der Waals surface area contributed by atoms with E-state index in [1.807, 2.05) is 33.2 Å². The van der Waals surface area contributed by atoms with Crippen LogP contribution in [0.25, 0.3) is 0 Å². The first-order valence-electron chi connectivity index (χ1n) is 6.31. The number of nitrogens with zero attached hydrogens (tertiary/aromatic N) is 2. The molecule has 0 radical (unpaired) electrons. The molecule has 0 saturated heterocycles. The third-order valence-electron chi connectivity index (χ3n) is 3.22. The second-order valence-corrected chi connectivity index (χ2v) is 7.03. The van der Waals surface area contributed by atoms with E-state index in [0.717, 1.165) is 22.5 Å². The molecule has 0 fully saturated rings. The maximum absolute atomic E-state index is 11.6. The predicted molar refractivity (Wildman–Crippen MR) is 79.6 cm³/mol. The molecule has 0 amide bonds. The molecule has 0 aliphatic rings. The van der Waals surface area contributed by atoms with Gasteiger partial charge in [0.05, 0.1) is 10.6 Å². The van der Waals surface area contributed by atoms with Gasteiger partial charge in [0.25, 0.3) is 0 Å². The summed E-state index contributed by atoms with van der Waals surface area (Å²) in [7, 11) is -1.30. The highest BCUT2D eigenvalue weighted by molar-refractivity contribution is 7.90. The van der Waals surface area contributed by atoms with Crippen molar-refractivity contribution < 1.29 is 8.42 Å². The van der Waals surface area contributed by atoms with Gasteiger partial charge in [-0.2, -0.15) is 5.10 Å². The van der Waals surface area contributed by atoms with Crippen molar-refractivity contribution in [2.75, 3.05) is 11.6 Å². The lowest BCUT2D eigenvalue weighted by atomic mass is 10.2. The highest BCUT2D eigenvalue weighted by Gasteiger charge is 2.10. The summed E-state index contributed by atoms with van der Waals surface area (Å²) in [5, 5.41) is 7.56. The molecular weight excluding hydrogens is 274 g/mol. The van der Waals surface area contributed by atoms with Crippen molar-refractivity contribution in [1.82, 2.24) is 9.78 Å². The van der Waals surface area contributed by atoms with E-state index in [1.54, 1.807) is 16.8 Å². The van der Waals surface area contributed by atoms with Crippen LogP contribution in [0.2, 0.25) is 0 Å². The van der Waals surface area contributed by atoms with E-state index in [1.165, 1.54) is 6.26 Å². The van der Waals surface area contributed by atoms with Crippen molar-refractivity contribution in [3.05, 3.63) is 41.2 Å². The minimum atomic E-state index is -3.19. The normalized spacial score (nSPS) is 11.6. The smallest absolute Gasteiger partial charge is 0.175 e. The molecule has 0 atom stereocenters. The lowest BCUT2D eigenvalue weighted by Gasteiger charge is -2.10. The molecule has 1 aromatic carbocycles. The average molecular weight is 293 g/mol. The number of sulfone groups is 1. The molecule has 0 aliphatic carbocycles. The first-order chi connectivity index (χ1) is 9.27. The monoisotopic (exact) mass is 293 g/mol. The molecule has 0 bridgehead atoms. The van der Waals surface area contributed by atoms with Crippen LogP contribution in [-0.4, -0.2) is 24.5 Å². The van der Waals surface area contributed by atoms with Gasteiger partial charge >= 0.3 is 0 Å². The molecule has 1 aromatic heterocycles. The van der Waals surface area contributed by atoms with Crippen LogP contribution in [-0.2, 0) is 23.4 Å². The summed E-state index contributed by atoms with van der Waals surface area (Å²) >= 11 is 0. The predicted octanol–water partition coefficient (Wildman–Crippen LogP) is 2.05. The molecular formula is C14H19N3O2S. The third kappa shape index (κ3) is 3.19. The van der Waals surface area contributed by atoms with Gasteiger partial charge in [0.15, 0.2) is 9.84 Å². The van der Waals surface area contributed by atoms with Crippen LogP contribution in [0, 0.1) is 13.8 Å². The second kappa shape index (κ2) is 5.28. The van der Waals surface area contributed by atoms with Crippen LogP contribution in [0.3, 0.4) is 0 Å². The SMILES string of the molecule is Cc1ccc(S(C)(=O)=O)cc1NCc1cn(C)nc1C. The summed E-state index contributed by atoms with van der Waals surface area (Å²) in [6, 6.07) is 5.12. The van der Waals surface area contributed by atoms with Crippen LogP contribution in [0.4, 0.5) is 5.69 Å². The van der Waals surface area contributed by atoms with Gasteiger partial charge in [-0.15, -0.1) is 0 Å².